The predicted molar refractivity (Wildman–Crippen MR) is 87.7 cm³/mol. The maximum Gasteiger partial charge on any atom is 0.294 e. The number of aromatic amines is 1. The van der Waals surface area contributed by atoms with Crippen LogP contribution in [0.25, 0.3) is 11.1 Å². The van der Waals surface area contributed by atoms with E-state index in [0.29, 0.717) is 25.4 Å². The van der Waals surface area contributed by atoms with Crippen LogP contribution in [0.4, 0.5) is 0 Å². The highest BCUT2D eigenvalue weighted by Gasteiger charge is 2.25. The lowest BCUT2D eigenvalue weighted by atomic mass is 9.99. The smallest absolute Gasteiger partial charge is 0.294 e. The Balaban J connectivity index is 2.44. The van der Waals surface area contributed by atoms with Crippen molar-refractivity contribution in [3.05, 3.63) is 47.3 Å². The van der Waals surface area contributed by atoms with Crippen molar-refractivity contribution < 1.29 is 19.1 Å². The molecule has 2 aromatic rings. The molecule has 0 aliphatic heterocycles. The number of ketones is 1. The summed E-state index contributed by atoms with van der Waals surface area (Å²) >= 11 is 5.37. The van der Waals surface area contributed by atoms with Crippen LogP contribution in [0.1, 0.15) is 21.7 Å². The largest absolute Gasteiger partial charge is 0.382 e. The van der Waals surface area contributed by atoms with Crippen molar-refractivity contribution in [1.29, 1.82) is 0 Å². The maximum absolute atomic E-state index is 12.1. The number of carbonyl (C=O) groups excluding carboxylic acids is 2. The first-order valence-electron chi connectivity index (χ1n) is 7.14. The Bertz CT molecular complexity index is 694. The second-order valence-corrected chi connectivity index (χ2v) is 5.34. The summed E-state index contributed by atoms with van der Waals surface area (Å²) in [6.45, 7) is 3.06. The third-order valence-corrected chi connectivity index (χ3v) is 3.63. The summed E-state index contributed by atoms with van der Waals surface area (Å²) in [6, 6.07) is 9.35. The summed E-state index contributed by atoms with van der Waals surface area (Å²) in [5.74, 6) is -0.753. The van der Waals surface area contributed by atoms with E-state index in [1.54, 1.807) is 7.11 Å². The number of halogens is 1. The van der Waals surface area contributed by atoms with Gasteiger partial charge in [-0.1, -0.05) is 30.3 Å². The van der Waals surface area contributed by atoms with Gasteiger partial charge in [-0.05, 0) is 24.1 Å². The minimum absolute atomic E-state index is 0.194. The normalized spacial score (nSPS) is 10.7. The van der Waals surface area contributed by atoms with Crippen LogP contribution in [0.15, 0.2) is 30.3 Å². The lowest BCUT2D eigenvalue weighted by molar-refractivity contribution is -0.108. The Kier molecular flexibility index (Phi) is 6.10. The van der Waals surface area contributed by atoms with Gasteiger partial charge < -0.3 is 14.5 Å². The topological polar surface area (TPSA) is 68.4 Å². The summed E-state index contributed by atoms with van der Waals surface area (Å²) < 4.78 is 10.5. The molecule has 0 unspecified atom stereocenters. The molecule has 5 nitrogen and oxygen atoms in total. The number of rotatable bonds is 8. The SMILES string of the molecule is COCCOCc1c(C)[nH]c(C(=O)C(=O)Cl)c1-c1ccccc1. The number of methoxy groups -OCH3 is 1. The van der Waals surface area contributed by atoms with Crippen molar-refractivity contribution in [1.82, 2.24) is 4.98 Å². The zero-order valence-corrected chi connectivity index (χ0v) is 13.8. The molecule has 6 heteroatoms. The lowest BCUT2D eigenvalue weighted by Crippen LogP contribution is -2.09. The number of H-pyrrole nitrogens is 1. The number of aryl methyl sites for hydroxylation is 1. The molecule has 0 atom stereocenters. The predicted octanol–water partition coefficient (Wildman–Crippen LogP) is 3.10. The van der Waals surface area contributed by atoms with Crippen LogP contribution in [-0.4, -0.2) is 36.3 Å². The summed E-state index contributed by atoms with van der Waals surface area (Å²) in [6.07, 6.45) is 0. The van der Waals surface area contributed by atoms with Crippen LogP contribution in [0.2, 0.25) is 0 Å². The summed E-state index contributed by atoms with van der Waals surface area (Å²) in [5, 5.41) is -1.02. The summed E-state index contributed by atoms with van der Waals surface area (Å²) in [4.78, 5) is 26.4. The highest BCUT2D eigenvalue weighted by molar-refractivity contribution is 6.83. The van der Waals surface area contributed by atoms with E-state index < -0.39 is 11.0 Å². The van der Waals surface area contributed by atoms with E-state index in [-0.39, 0.29) is 5.69 Å². The molecule has 122 valence electrons. The summed E-state index contributed by atoms with van der Waals surface area (Å²) in [5.41, 5.74) is 3.26. The highest BCUT2D eigenvalue weighted by atomic mass is 35.5. The highest BCUT2D eigenvalue weighted by Crippen LogP contribution is 2.31. The first kappa shape index (κ1) is 17.4. The molecule has 0 aliphatic rings. The average molecular weight is 336 g/mol. The van der Waals surface area contributed by atoms with Gasteiger partial charge in [0.2, 0.25) is 0 Å². The third-order valence-electron chi connectivity index (χ3n) is 3.46. The van der Waals surface area contributed by atoms with Crippen LogP contribution >= 0.6 is 11.6 Å². The van der Waals surface area contributed by atoms with Crippen molar-refractivity contribution in [3.63, 3.8) is 0 Å². The van der Waals surface area contributed by atoms with Crippen LogP contribution in [-0.2, 0) is 20.9 Å². The average Bonchev–Trinajstić information content (AvgIpc) is 2.88. The molecule has 0 radical (unpaired) electrons. The number of benzene rings is 1. The first-order valence-corrected chi connectivity index (χ1v) is 7.51. The van der Waals surface area contributed by atoms with E-state index in [2.05, 4.69) is 4.98 Å². The van der Waals surface area contributed by atoms with Gasteiger partial charge in [0.25, 0.3) is 11.0 Å². The molecule has 1 heterocycles. The van der Waals surface area contributed by atoms with Crippen LogP contribution < -0.4 is 0 Å². The van der Waals surface area contributed by atoms with Crippen LogP contribution in [0.5, 0.6) is 0 Å². The molecule has 2 rings (SSSR count). The minimum atomic E-state index is -1.02. The molecule has 0 bridgehead atoms. The number of hydrogen-bond donors (Lipinski definition) is 1. The van der Waals surface area contributed by atoms with Gasteiger partial charge >= 0.3 is 0 Å². The Morgan fingerprint density at radius 2 is 1.87 bits per heavy atom. The van der Waals surface area contributed by atoms with E-state index >= 15 is 0 Å². The third kappa shape index (κ3) is 4.07. The van der Waals surface area contributed by atoms with Gasteiger partial charge in [0.1, 0.15) is 0 Å². The fourth-order valence-electron chi connectivity index (χ4n) is 2.35. The second-order valence-electron chi connectivity index (χ2n) is 4.99. The number of ether oxygens (including phenoxy) is 2. The van der Waals surface area contributed by atoms with Crippen molar-refractivity contribution in [3.8, 4) is 11.1 Å². The van der Waals surface area contributed by atoms with E-state index in [0.717, 1.165) is 16.8 Å². The van der Waals surface area contributed by atoms with E-state index in [4.69, 9.17) is 21.1 Å². The monoisotopic (exact) mass is 335 g/mol. The Morgan fingerprint density at radius 1 is 1.17 bits per heavy atom. The number of nitrogens with one attached hydrogen (secondary N) is 1. The van der Waals surface area contributed by atoms with Gasteiger partial charge in [-0.25, -0.2) is 0 Å². The molecule has 0 saturated heterocycles. The minimum Gasteiger partial charge on any atom is -0.382 e. The van der Waals surface area contributed by atoms with Gasteiger partial charge in [-0.2, -0.15) is 0 Å². The van der Waals surface area contributed by atoms with Crippen molar-refractivity contribution >= 4 is 22.6 Å². The molecular formula is C17H18ClNO4. The molecule has 0 saturated carbocycles. The fourth-order valence-corrected chi connectivity index (χ4v) is 2.45. The van der Waals surface area contributed by atoms with Crippen LogP contribution in [0, 0.1) is 6.92 Å². The fraction of sp³-hybridized carbons (Fsp3) is 0.294. The molecule has 0 amide bonds. The zero-order valence-electron chi connectivity index (χ0n) is 13.0. The van der Waals surface area contributed by atoms with Gasteiger partial charge in [0.05, 0.1) is 25.5 Å². The first-order chi connectivity index (χ1) is 11.1. The molecule has 0 fully saturated rings. The molecule has 0 aliphatic carbocycles. The number of aromatic nitrogens is 1. The quantitative estimate of drug-likeness (QED) is 0.348. The summed E-state index contributed by atoms with van der Waals surface area (Å²) in [7, 11) is 1.60. The number of hydrogen-bond acceptors (Lipinski definition) is 4. The lowest BCUT2D eigenvalue weighted by Gasteiger charge is -2.08. The number of Topliss-reactive ketones (excluding diaryl/α,β-unsaturated/α-hetero) is 1. The van der Waals surface area contributed by atoms with Gasteiger partial charge in [-0.15, -0.1) is 0 Å². The molecular weight excluding hydrogens is 318 g/mol. The van der Waals surface area contributed by atoms with Gasteiger partial charge in [0.15, 0.2) is 0 Å². The molecule has 1 N–H and O–H groups in total. The van der Waals surface area contributed by atoms with Crippen molar-refractivity contribution in [2.24, 2.45) is 0 Å². The van der Waals surface area contributed by atoms with Gasteiger partial charge in [0, 0.05) is 23.9 Å². The Labute approximate surface area is 139 Å². The van der Waals surface area contributed by atoms with Crippen molar-refractivity contribution in [2.75, 3.05) is 20.3 Å². The van der Waals surface area contributed by atoms with Gasteiger partial charge in [-0.3, -0.25) is 9.59 Å². The molecule has 1 aromatic carbocycles. The molecule has 0 spiro atoms. The molecule has 1 aromatic heterocycles. The van der Waals surface area contributed by atoms with E-state index in [9.17, 15) is 9.59 Å². The standard InChI is InChI=1S/C17H18ClNO4/c1-11-13(10-23-9-8-22-2)14(12-6-4-3-5-7-12)15(19-11)16(20)17(18)21/h3-7,19H,8-10H2,1-2H3. The van der Waals surface area contributed by atoms with E-state index in [1.807, 2.05) is 37.3 Å². The van der Waals surface area contributed by atoms with Crippen LogP contribution in [0.3, 0.4) is 0 Å². The Hall–Kier alpha value is -1.95. The van der Waals surface area contributed by atoms with E-state index in [1.165, 1.54) is 0 Å². The Morgan fingerprint density at radius 3 is 2.48 bits per heavy atom. The zero-order chi connectivity index (χ0) is 16.8. The van der Waals surface area contributed by atoms with Crippen molar-refractivity contribution in [2.45, 2.75) is 13.5 Å². The maximum atomic E-state index is 12.1. The number of carbonyl (C=O) groups is 2. The second kappa shape index (κ2) is 8.06. The molecule has 23 heavy (non-hydrogen) atoms.